The van der Waals surface area contributed by atoms with Crippen molar-refractivity contribution >= 4 is 0 Å². The van der Waals surface area contributed by atoms with Gasteiger partial charge in [-0.15, -0.1) is 0 Å². The van der Waals surface area contributed by atoms with Gasteiger partial charge in [-0.3, -0.25) is 0 Å². The van der Waals surface area contributed by atoms with Crippen LogP contribution in [0.3, 0.4) is 0 Å². The SMILES string of the molecule is C=CCCCC[CH](C)[Zn]. The van der Waals surface area contributed by atoms with Crippen LogP contribution in [0.15, 0.2) is 12.7 Å². The molecule has 0 aromatic rings. The summed E-state index contributed by atoms with van der Waals surface area (Å²) in [7, 11) is 0. The first-order valence-corrected chi connectivity index (χ1v) is 5.42. The Morgan fingerprint density at radius 2 is 2.22 bits per heavy atom. The van der Waals surface area contributed by atoms with Crippen LogP contribution >= 0.6 is 0 Å². The van der Waals surface area contributed by atoms with Gasteiger partial charge in [0.15, 0.2) is 0 Å². The molecule has 0 radical (unpaired) electrons. The molecule has 49 valence electrons. The zero-order chi connectivity index (χ0) is 7.11. The molecule has 9 heavy (non-hydrogen) atoms. The van der Waals surface area contributed by atoms with Crippen molar-refractivity contribution in [1.29, 1.82) is 0 Å². The van der Waals surface area contributed by atoms with Crippen LogP contribution in [0, 0.1) is 0 Å². The molecule has 0 aliphatic rings. The Morgan fingerprint density at radius 1 is 1.56 bits per heavy atom. The Kier molecular flexibility index (Phi) is 6.74. The number of hydrogen-bond acceptors (Lipinski definition) is 0. The van der Waals surface area contributed by atoms with Crippen LogP contribution in [0.25, 0.3) is 0 Å². The van der Waals surface area contributed by atoms with Crippen LogP contribution in [0.1, 0.15) is 32.6 Å². The van der Waals surface area contributed by atoms with E-state index in [0.717, 1.165) is 4.51 Å². The fourth-order valence-corrected chi connectivity index (χ4v) is 1.39. The van der Waals surface area contributed by atoms with E-state index >= 15 is 0 Å². The van der Waals surface area contributed by atoms with E-state index in [1.54, 1.807) is 0 Å². The predicted octanol–water partition coefficient (Wildman–Crippen LogP) is 3.09. The minimum atomic E-state index is 0.995. The fraction of sp³-hybridized carbons (Fsp3) is 0.750. The molecule has 1 atom stereocenters. The molecule has 0 heterocycles. The van der Waals surface area contributed by atoms with E-state index in [2.05, 4.69) is 13.5 Å². The first-order chi connectivity index (χ1) is 4.27. The first-order valence-electron chi connectivity index (χ1n) is 3.71. The Balaban J connectivity index is 2.82. The maximum atomic E-state index is 3.69. The molecule has 0 rings (SSSR count). The Bertz CT molecular complexity index is 67.0. The average Bonchev–Trinajstić information content (AvgIpc) is 1.80. The Morgan fingerprint density at radius 3 is 2.67 bits per heavy atom. The molecule has 1 unspecified atom stereocenters. The third-order valence-electron chi connectivity index (χ3n) is 1.36. The van der Waals surface area contributed by atoms with Gasteiger partial charge in [-0.2, -0.15) is 0 Å². The number of hydrogen-bond donors (Lipinski definition) is 0. The number of unbranched alkanes of at least 4 members (excludes halogenated alkanes) is 2. The van der Waals surface area contributed by atoms with E-state index in [9.17, 15) is 0 Å². The Labute approximate surface area is 68.4 Å². The standard InChI is InChI=1S/C8H15.Zn/c1-3-5-7-8-6-4-2;/h3-4H,1,5-8H2,2H3;. The summed E-state index contributed by atoms with van der Waals surface area (Å²) in [4.78, 5) is 0. The molecule has 0 spiro atoms. The molecule has 0 N–H and O–H groups in total. The first kappa shape index (κ1) is 9.36. The second-order valence-electron chi connectivity index (χ2n) is 2.68. The molecular formula is C8H15Zn. The molecule has 0 saturated carbocycles. The van der Waals surface area contributed by atoms with Crippen LogP contribution < -0.4 is 0 Å². The summed E-state index contributed by atoms with van der Waals surface area (Å²) in [5, 5.41) is 0. The van der Waals surface area contributed by atoms with Crippen molar-refractivity contribution in [3.63, 3.8) is 0 Å². The van der Waals surface area contributed by atoms with E-state index < -0.39 is 0 Å². The maximum absolute atomic E-state index is 3.69. The second kappa shape index (κ2) is 6.48. The van der Waals surface area contributed by atoms with Gasteiger partial charge in [-0.1, -0.05) is 0 Å². The van der Waals surface area contributed by atoms with Crippen molar-refractivity contribution in [2.45, 2.75) is 37.1 Å². The minimum absolute atomic E-state index is 0.995. The van der Waals surface area contributed by atoms with Gasteiger partial charge in [-0.25, -0.2) is 0 Å². The quantitative estimate of drug-likeness (QED) is 0.343. The summed E-state index contributed by atoms with van der Waals surface area (Å²) in [6.45, 7) is 6.01. The molecule has 0 nitrogen and oxygen atoms in total. The van der Waals surface area contributed by atoms with E-state index in [-0.39, 0.29) is 0 Å². The molecule has 0 aliphatic carbocycles. The van der Waals surface area contributed by atoms with E-state index in [0.29, 0.717) is 0 Å². The summed E-state index contributed by atoms with van der Waals surface area (Å²) in [6, 6.07) is 0. The van der Waals surface area contributed by atoms with Crippen LogP contribution in [0.5, 0.6) is 0 Å². The summed E-state index contributed by atoms with van der Waals surface area (Å²) < 4.78 is 0.995. The van der Waals surface area contributed by atoms with Crippen molar-refractivity contribution in [3.05, 3.63) is 12.7 Å². The van der Waals surface area contributed by atoms with E-state index in [1.165, 1.54) is 44.0 Å². The molecule has 1 heteroatoms. The summed E-state index contributed by atoms with van der Waals surface area (Å²) in [5.41, 5.74) is 0. The molecule has 0 aromatic heterocycles. The zero-order valence-electron chi connectivity index (χ0n) is 6.40. The van der Waals surface area contributed by atoms with Gasteiger partial charge in [0.1, 0.15) is 0 Å². The number of rotatable bonds is 5. The molecule has 0 aliphatic heterocycles. The summed E-state index contributed by atoms with van der Waals surface area (Å²) >= 11 is 1.45. The third-order valence-corrected chi connectivity index (χ3v) is 2.21. The van der Waals surface area contributed by atoms with Crippen LogP contribution in [0.2, 0.25) is 4.51 Å². The van der Waals surface area contributed by atoms with Gasteiger partial charge in [0, 0.05) is 0 Å². The monoisotopic (exact) mass is 175 g/mol. The second-order valence-corrected chi connectivity index (χ2v) is 5.60. The van der Waals surface area contributed by atoms with E-state index in [1.807, 2.05) is 6.08 Å². The average molecular weight is 177 g/mol. The van der Waals surface area contributed by atoms with Crippen LogP contribution in [0.4, 0.5) is 0 Å². The Hall–Kier alpha value is 0.363. The zero-order valence-corrected chi connectivity index (χ0v) is 9.36. The molecule has 0 aromatic carbocycles. The molecular weight excluding hydrogens is 161 g/mol. The van der Waals surface area contributed by atoms with Gasteiger partial charge < -0.3 is 0 Å². The third kappa shape index (κ3) is 8.36. The van der Waals surface area contributed by atoms with Crippen molar-refractivity contribution < 1.29 is 18.3 Å². The van der Waals surface area contributed by atoms with Gasteiger partial charge >= 0.3 is 68.1 Å². The van der Waals surface area contributed by atoms with Crippen molar-refractivity contribution in [2.24, 2.45) is 0 Å². The molecule has 0 bridgehead atoms. The molecule has 0 fully saturated rings. The molecule has 0 saturated heterocycles. The van der Waals surface area contributed by atoms with Gasteiger partial charge in [-0.05, 0) is 0 Å². The van der Waals surface area contributed by atoms with Crippen LogP contribution in [-0.2, 0) is 18.3 Å². The number of allylic oxidation sites excluding steroid dienone is 1. The van der Waals surface area contributed by atoms with Gasteiger partial charge in [0.25, 0.3) is 0 Å². The van der Waals surface area contributed by atoms with Crippen molar-refractivity contribution in [1.82, 2.24) is 0 Å². The van der Waals surface area contributed by atoms with E-state index in [4.69, 9.17) is 0 Å². The summed E-state index contributed by atoms with van der Waals surface area (Å²) in [5.74, 6) is 0. The molecule has 0 amide bonds. The van der Waals surface area contributed by atoms with Crippen LogP contribution in [-0.4, -0.2) is 0 Å². The topological polar surface area (TPSA) is 0 Å². The normalized spacial score (nSPS) is 13.2. The van der Waals surface area contributed by atoms with Crippen molar-refractivity contribution in [2.75, 3.05) is 0 Å². The van der Waals surface area contributed by atoms with Gasteiger partial charge in [0.2, 0.25) is 0 Å². The summed E-state index contributed by atoms with van der Waals surface area (Å²) in [6.07, 6.45) is 7.37. The van der Waals surface area contributed by atoms with Gasteiger partial charge in [0.05, 0.1) is 0 Å². The van der Waals surface area contributed by atoms with Crippen molar-refractivity contribution in [3.8, 4) is 0 Å². The predicted molar refractivity (Wildman–Crippen MR) is 38.1 cm³/mol. The fourth-order valence-electron chi connectivity index (χ4n) is 0.781.